The summed E-state index contributed by atoms with van der Waals surface area (Å²) < 4.78 is 9.75. The second kappa shape index (κ2) is 9.39. The number of esters is 1. The number of carbonyl (C=O) groups excluding carboxylic acids is 2. The zero-order chi connectivity index (χ0) is 14.8. The van der Waals surface area contributed by atoms with Crippen LogP contribution in [0, 0.1) is 0 Å². The Hall–Kier alpha value is -1.53. The number of amides is 1. The molecule has 1 aromatic rings. The number of hydrogen-bond donors (Lipinski definition) is 1. The van der Waals surface area contributed by atoms with Gasteiger partial charge in [-0.05, 0) is 19.1 Å². The molecule has 1 N–H and O–H groups in total. The predicted octanol–water partition coefficient (Wildman–Crippen LogP) is 1.47. The van der Waals surface area contributed by atoms with E-state index in [1.54, 1.807) is 14.0 Å². The third kappa shape index (κ3) is 6.58. The molecule has 0 aromatic heterocycles. The Morgan fingerprint density at radius 2 is 2.00 bits per heavy atom. The van der Waals surface area contributed by atoms with Crippen LogP contribution in [0.2, 0.25) is 0 Å². The molecule has 1 aromatic carbocycles. The van der Waals surface area contributed by atoms with Crippen LogP contribution in [0.4, 0.5) is 0 Å². The summed E-state index contributed by atoms with van der Waals surface area (Å²) in [6.45, 7) is 2.33. The molecule has 0 spiro atoms. The molecule has 1 atom stereocenters. The van der Waals surface area contributed by atoms with E-state index in [0.29, 0.717) is 13.2 Å². The van der Waals surface area contributed by atoms with Crippen molar-refractivity contribution in [1.82, 2.24) is 5.32 Å². The number of benzene rings is 1. The van der Waals surface area contributed by atoms with E-state index in [9.17, 15) is 9.59 Å². The summed E-state index contributed by atoms with van der Waals surface area (Å²) in [7, 11) is 1.55. The highest BCUT2D eigenvalue weighted by Crippen LogP contribution is 2.23. The van der Waals surface area contributed by atoms with Gasteiger partial charge in [0.05, 0.1) is 6.61 Å². The Balaban J connectivity index is 2.26. The highest BCUT2D eigenvalue weighted by atomic mass is 32.2. The number of ether oxygens (including phenoxy) is 2. The molecule has 0 aliphatic rings. The van der Waals surface area contributed by atoms with Crippen molar-refractivity contribution < 1.29 is 19.1 Å². The molecule has 0 aliphatic carbocycles. The van der Waals surface area contributed by atoms with Crippen molar-refractivity contribution in [3.8, 4) is 0 Å². The minimum atomic E-state index is -0.402. The number of thioether (sulfide) groups is 1. The largest absolute Gasteiger partial charge is 0.455 e. The summed E-state index contributed by atoms with van der Waals surface area (Å²) in [5.74, 6) is -0.729. The maximum atomic E-state index is 11.7. The van der Waals surface area contributed by atoms with Gasteiger partial charge < -0.3 is 14.8 Å². The van der Waals surface area contributed by atoms with Gasteiger partial charge in [0, 0.05) is 18.6 Å². The average molecular weight is 297 g/mol. The van der Waals surface area contributed by atoms with Crippen LogP contribution >= 0.6 is 11.8 Å². The Labute approximate surface area is 123 Å². The van der Waals surface area contributed by atoms with Crippen LogP contribution in [0.5, 0.6) is 0 Å². The lowest BCUT2D eigenvalue weighted by Gasteiger charge is -2.11. The lowest BCUT2D eigenvalue weighted by molar-refractivity contribution is -0.147. The van der Waals surface area contributed by atoms with E-state index in [-0.39, 0.29) is 17.8 Å². The minimum Gasteiger partial charge on any atom is -0.455 e. The van der Waals surface area contributed by atoms with Gasteiger partial charge in [-0.3, -0.25) is 9.59 Å². The summed E-state index contributed by atoms with van der Waals surface area (Å²) in [4.78, 5) is 24.1. The van der Waals surface area contributed by atoms with Gasteiger partial charge in [0.15, 0.2) is 6.61 Å². The van der Waals surface area contributed by atoms with E-state index in [4.69, 9.17) is 9.47 Å². The molecule has 0 fully saturated rings. The van der Waals surface area contributed by atoms with Gasteiger partial charge in [0.25, 0.3) is 5.91 Å². The van der Waals surface area contributed by atoms with E-state index >= 15 is 0 Å². The molecule has 6 heteroatoms. The quantitative estimate of drug-likeness (QED) is 0.447. The molecular formula is C14H19NO4S. The second-order valence-electron chi connectivity index (χ2n) is 4.02. The maximum absolute atomic E-state index is 11.7. The fourth-order valence-electron chi connectivity index (χ4n) is 1.35. The Kier molecular flexibility index (Phi) is 7.75. The molecule has 1 rings (SSSR count). The molecule has 0 bridgehead atoms. The maximum Gasteiger partial charge on any atom is 0.319 e. The summed E-state index contributed by atoms with van der Waals surface area (Å²) in [5.41, 5.74) is 0. The number of nitrogens with one attached hydrogen (secondary N) is 1. The first-order valence-corrected chi connectivity index (χ1v) is 7.15. The van der Waals surface area contributed by atoms with Gasteiger partial charge in [-0.25, -0.2) is 0 Å². The van der Waals surface area contributed by atoms with E-state index in [2.05, 4.69) is 5.32 Å². The number of methoxy groups -OCH3 is 1. The normalized spacial score (nSPS) is 11.7. The first kappa shape index (κ1) is 16.5. The second-order valence-corrected chi connectivity index (χ2v) is 5.44. The lowest BCUT2D eigenvalue weighted by atomic mass is 10.4. The topological polar surface area (TPSA) is 64.6 Å². The molecule has 1 amide bonds. The summed E-state index contributed by atoms with van der Waals surface area (Å²) in [6, 6.07) is 9.57. The molecule has 0 saturated heterocycles. The lowest BCUT2D eigenvalue weighted by Crippen LogP contribution is -2.32. The van der Waals surface area contributed by atoms with Crippen LogP contribution < -0.4 is 5.32 Å². The van der Waals surface area contributed by atoms with Crippen molar-refractivity contribution in [3.05, 3.63) is 30.3 Å². The monoisotopic (exact) mass is 297 g/mol. The fourth-order valence-corrected chi connectivity index (χ4v) is 2.24. The average Bonchev–Trinajstić information content (AvgIpc) is 2.46. The molecule has 20 heavy (non-hydrogen) atoms. The molecule has 0 saturated carbocycles. The summed E-state index contributed by atoms with van der Waals surface area (Å²) >= 11 is 1.40. The third-order valence-electron chi connectivity index (χ3n) is 2.36. The molecule has 5 nitrogen and oxygen atoms in total. The van der Waals surface area contributed by atoms with E-state index in [1.165, 1.54) is 11.8 Å². The zero-order valence-electron chi connectivity index (χ0n) is 11.6. The zero-order valence-corrected chi connectivity index (χ0v) is 12.4. The smallest absolute Gasteiger partial charge is 0.319 e. The first-order chi connectivity index (χ1) is 9.63. The van der Waals surface area contributed by atoms with Gasteiger partial charge in [-0.2, -0.15) is 0 Å². The van der Waals surface area contributed by atoms with Gasteiger partial charge in [0.1, 0.15) is 5.25 Å². The molecule has 0 radical (unpaired) electrons. The molecule has 0 unspecified atom stereocenters. The summed E-state index contributed by atoms with van der Waals surface area (Å²) in [6.07, 6.45) is 0. The van der Waals surface area contributed by atoms with Crippen molar-refractivity contribution in [2.75, 3.05) is 26.9 Å². The number of rotatable bonds is 8. The summed E-state index contributed by atoms with van der Waals surface area (Å²) in [5, 5.41) is 2.22. The number of carbonyl (C=O) groups is 2. The molecule has 0 aliphatic heterocycles. The molecule has 0 heterocycles. The van der Waals surface area contributed by atoms with Crippen LogP contribution in [0.1, 0.15) is 6.92 Å². The van der Waals surface area contributed by atoms with E-state index in [0.717, 1.165) is 4.90 Å². The Bertz CT molecular complexity index is 424. The van der Waals surface area contributed by atoms with Crippen molar-refractivity contribution in [1.29, 1.82) is 0 Å². The van der Waals surface area contributed by atoms with Gasteiger partial charge in [0.2, 0.25) is 0 Å². The predicted molar refractivity (Wildman–Crippen MR) is 77.6 cm³/mol. The van der Waals surface area contributed by atoms with Crippen LogP contribution in [-0.2, 0) is 19.1 Å². The van der Waals surface area contributed by atoms with Gasteiger partial charge in [-0.1, -0.05) is 18.2 Å². The van der Waals surface area contributed by atoms with Crippen molar-refractivity contribution >= 4 is 23.6 Å². The van der Waals surface area contributed by atoms with Crippen LogP contribution in [0.25, 0.3) is 0 Å². The van der Waals surface area contributed by atoms with Crippen LogP contribution in [-0.4, -0.2) is 44.0 Å². The number of hydrogen-bond acceptors (Lipinski definition) is 5. The van der Waals surface area contributed by atoms with Crippen molar-refractivity contribution in [2.45, 2.75) is 17.1 Å². The highest BCUT2D eigenvalue weighted by Gasteiger charge is 2.17. The fraction of sp³-hybridized carbons (Fsp3) is 0.429. The Morgan fingerprint density at radius 3 is 2.65 bits per heavy atom. The molecular weight excluding hydrogens is 278 g/mol. The van der Waals surface area contributed by atoms with Crippen LogP contribution in [0.3, 0.4) is 0 Å². The van der Waals surface area contributed by atoms with Gasteiger partial charge >= 0.3 is 5.97 Å². The third-order valence-corrected chi connectivity index (χ3v) is 3.45. The molecule has 110 valence electrons. The Morgan fingerprint density at radius 1 is 1.30 bits per heavy atom. The standard InChI is InChI=1S/C14H19NO4S/c1-11(20-12-6-4-3-5-7-12)14(17)19-10-13(16)15-8-9-18-2/h3-7,11H,8-10H2,1-2H3,(H,15,16)/t11-/m1/s1. The van der Waals surface area contributed by atoms with Crippen molar-refractivity contribution in [2.24, 2.45) is 0 Å². The van der Waals surface area contributed by atoms with Crippen LogP contribution in [0.15, 0.2) is 35.2 Å². The first-order valence-electron chi connectivity index (χ1n) is 6.27. The van der Waals surface area contributed by atoms with Gasteiger partial charge in [-0.15, -0.1) is 11.8 Å². The van der Waals surface area contributed by atoms with E-state index < -0.39 is 5.97 Å². The highest BCUT2D eigenvalue weighted by molar-refractivity contribution is 8.00. The minimum absolute atomic E-state index is 0.262. The SMILES string of the molecule is COCCNC(=O)COC(=O)[C@@H](C)Sc1ccccc1. The van der Waals surface area contributed by atoms with E-state index in [1.807, 2.05) is 30.3 Å². The van der Waals surface area contributed by atoms with Crippen molar-refractivity contribution in [3.63, 3.8) is 0 Å².